The van der Waals surface area contributed by atoms with Gasteiger partial charge >= 0.3 is 0 Å². The Hall–Kier alpha value is -1.40. The number of nitrogens with one attached hydrogen (secondary N) is 1. The number of aliphatic hydroxyl groups is 1. The molecule has 0 aromatic carbocycles. The van der Waals surface area contributed by atoms with Crippen LogP contribution in [0.3, 0.4) is 0 Å². The van der Waals surface area contributed by atoms with Crippen LogP contribution < -0.4 is 5.32 Å². The fourth-order valence-corrected chi connectivity index (χ4v) is 3.81. The van der Waals surface area contributed by atoms with Crippen molar-refractivity contribution in [2.75, 3.05) is 11.9 Å². The number of carbonyl (C=O) groups excluding carboxylic acids is 1. The van der Waals surface area contributed by atoms with Crippen molar-refractivity contribution in [3.8, 4) is 0 Å². The topological polar surface area (TPSA) is 78.6 Å². The molecule has 1 aliphatic carbocycles. The maximum atomic E-state index is 12.7. The molecule has 6 nitrogen and oxygen atoms in total. The second kappa shape index (κ2) is 6.84. The van der Waals surface area contributed by atoms with E-state index in [2.05, 4.69) is 15.4 Å². The lowest BCUT2D eigenvalue weighted by Gasteiger charge is -2.34. The SMILES string of the molecule is CC(C)(C)c1cc(NC(=O)[C@@H]2C[C@@H](O)CN2C2CCCCC2)no1. The van der Waals surface area contributed by atoms with Crippen molar-refractivity contribution < 1.29 is 14.4 Å². The van der Waals surface area contributed by atoms with E-state index in [0.29, 0.717) is 24.8 Å². The minimum absolute atomic E-state index is 0.0918. The number of hydrogen-bond acceptors (Lipinski definition) is 5. The van der Waals surface area contributed by atoms with Gasteiger partial charge in [-0.2, -0.15) is 0 Å². The van der Waals surface area contributed by atoms with Crippen molar-refractivity contribution >= 4 is 11.7 Å². The van der Waals surface area contributed by atoms with Crippen LogP contribution in [0.1, 0.15) is 65.1 Å². The van der Waals surface area contributed by atoms with E-state index >= 15 is 0 Å². The summed E-state index contributed by atoms with van der Waals surface area (Å²) in [6, 6.07) is 1.92. The highest BCUT2D eigenvalue weighted by Crippen LogP contribution is 2.30. The van der Waals surface area contributed by atoms with Crippen LogP contribution in [-0.4, -0.2) is 45.8 Å². The standard InChI is InChI=1S/C18H29N3O3/c1-18(2,3)15-10-16(20-24-15)19-17(23)14-9-13(22)11-21(14)12-7-5-4-6-8-12/h10,12-14,22H,4-9,11H2,1-3H3,(H,19,20,23)/t13-,14+/m1/s1. The molecular weight excluding hydrogens is 306 g/mol. The first kappa shape index (κ1) is 17.4. The van der Waals surface area contributed by atoms with Crippen LogP contribution in [0.4, 0.5) is 5.82 Å². The maximum Gasteiger partial charge on any atom is 0.243 e. The number of likely N-dealkylation sites (tertiary alicyclic amines) is 1. The zero-order valence-corrected chi connectivity index (χ0v) is 14.9. The number of rotatable bonds is 3. The molecule has 0 bridgehead atoms. The van der Waals surface area contributed by atoms with Gasteiger partial charge in [0.25, 0.3) is 0 Å². The highest BCUT2D eigenvalue weighted by atomic mass is 16.5. The molecule has 1 aliphatic heterocycles. The Morgan fingerprint density at radius 2 is 2.04 bits per heavy atom. The highest BCUT2D eigenvalue weighted by molar-refractivity contribution is 5.94. The predicted octanol–water partition coefficient (Wildman–Crippen LogP) is 2.68. The molecule has 1 amide bonds. The van der Waals surface area contributed by atoms with E-state index in [-0.39, 0.29) is 17.4 Å². The van der Waals surface area contributed by atoms with Gasteiger partial charge in [0.1, 0.15) is 5.76 Å². The van der Waals surface area contributed by atoms with Crippen LogP contribution in [0.25, 0.3) is 0 Å². The fourth-order valence-electron chi connectivity index (χ4n) is 3.81. The minimum atomic E-state index is -0.426. The molecule has 6 heteroatoms. The molecule has 1 saturated carbocycles. The number of hydrogen-bond donors (Lipinski definition) is 2. The van der Waals surface area contributed by atoms with Gasteiger partial charge in [0.15, 0.2) is 5.82 Å². The first-order chi connectivity index (χ1) is 11.3. The van der Waals surface area contributed by atoms with E-state index in [1.165, 1.54) is 19.3 Å². The molecule has 2 atom stereocenters. The smallest absolute Gasteiger partial charge is 0.243 e. The van der Waals surface area contributed by atoms with Crippen molar-refractivity contribution in [3.05, 3.63) is 11.8 Å². The van der Waals surface area contributed by atoms with Crippen LogP contribution in [0.2, 0.25) is 0 Å². The second-order valence-corrected chi connectivity index (χ2v) is 8.21. The Morgan fingerprint density at radius 3 is 2.67 bits per heavy atom. The molecule has 1 aromatic rings. The van der Waals surface area contributed by atoms with Crippen LogP contribution >= 0.6 is 0 Å². The van der Waals surface area contributed by atoms with Crippen molar-refractivity contribution in [2.45, 2.75) is 82.9 Å². The fraction of sp³-hybridized carbons (Fsp3) is 0.778. The zero-order chi connectivity index (χ0) is 17.3. The molecule has 2 N–H and O–H groups in total. The Kier molecular flexibility index (Phi) is 4.97. The molecule has 0 spiro atoms. The summed E-state index contributed by atoms with van der Waals surface area (Å²) in [6.45, 7) is 6.71. The summed E-state index contributed by atoms with van der Waals surface area (Å²) >= 11 is 0. The van der Waals surface area contributed by atoms with Crippen LogP contribution in [0, 0.1) is 0 Å². The third kappa shape index (κ3) is 3.81. The van der Waals surface area contributed by atoms with Gasteiger partial charge in [-0.05, 0) is 19.3 Å². The van der Waals surface area contributed by atoms with E-state index in [1.54, 1.807) is 6.07 Å². The van der Waals surface area contributed by atoms with Crippen molar-refractivity contribution in [2.24, 2.45) is 0 Å². The molecule has 24 heavy (non-hydrogen) atoms. The van der Waals surface area contributed by atoms with Crippen LogP contribution in [0.5, 0.6) is 0 Å². The second-order valence-electron chi connectivity index (χ2n) is 8.21. The molecule has 0 unspecified atom stereocenters. The summed E-state index contributed by atoms with van der Waals surface area (Å²) in [5.41, 5.74) is -0.145. The van der Waals surface area contributed by atoms with Crippen molar-refractivity contribution in [1.82, 2.24) is 10.1 Å². The van der Waals surface area contributed by atoms with E-state index in [4.69, 9.17) is 4.52 Å². The Balaban J connectivity index is 1.67. The first-order valence-electron chi connectivity index (χ1n) is 9.06. The lowest BCUT2D eigenvalue weighted by atomic mass is 9.93. The average Bonchev–Trinajstić information content (AvgIpc) is 3.14. The predicted molar refractivity (Wildman–Crippen MR) is 91.8 cm³/mol. The summed E-state index contributed by atoms with van der Waals surface area (Å²) in [5.74, 6) is 1.11. The number of aliphatic hydroxyl groups excluding tert-OH is 1. The number of carbonyl (C=O) groups is 1. The van der Waals surface area contributed by atoms with Crippen LogP contribution in [0.15, 0.2) is 10.6 Å². The van der Waals surface area contributed by atoms with Crippen molar-refractivity contribution in [3.63, 3.8) is 0 Å². The van der Waals surface area contributed by atoms with E-state index in [0.717, 1.165) is 18.6 Å². The quantitative estimate of drug-likeness (QED) is 0.888. The number of amides is 1. The molecule has 1 saturated heterocycles. The zero-order valence-electron chi connectivity index (χ0n) is 14.9. The van der Waals surface area contributed by atoms with Gasteiger partial charge in [-0.15, -0.1) is 0 Å². The van der Waals surface area contributed by atoms with Gasteiger partial charge in [0.05, 0.1) is 12.1 Å². The van der Waals surface area contributed by atoms with E-state index in [1.807, 2.05) is 20.8 Å². The molecular formula is C18H29N3O3. The van der Waals surface area contributed by atoms with Crippen LogP contribution in [-0.2, 0) is 10.2 Å². The third-order valence-corrected chi connectivity index (χ3v) is 5.16. The molecule has 2 aliphatic rings. The highest BCUT2D eigenvalue weighted by Gasteiger charge is 2.40. The van der Waals surface area contributed by atoms with E-state index in [9.17, 15) is 9.90 Å². The van der Waals surface area contributed by atoms with Crippen molar-refractivity contribution in [1.29, 1.82) is 0 Å². The number of anilines is 1. The number of aromatic nitrogens is 1. The first-order valence-corrected chi connectivity index (χ1v) is 9.06. The lowest BCUT2D eigenvalue weighted by Crippen LogP contribution is -2.46. The Labute approximate surface area is 143 Å². The Bertz CT molecular complexity index is 572. The summed E-state index contributed by atoms with van der Waals surface area (Å²) in [4.78, 5) is 14.9. The third-order valence-electron chi connectivity index (χ3n) is 5.16. The summed E-state index contributed by atoms with van der Waals surface area (Å²) in [6.07, 6.45) is 6.01. The summed E-state index contributed by atoms with van der Waals surface area (Å²) in [5, 5.41) is 16.9. The summed E-state index contributed by atoms with van der Waals surface area (Å²) in [7, 11) is 0. The largest absolute Gasteiger partial charge is 0.392 e. The van der Waals surface area contributed by atoms with Gasteiger partial charge in [-0.1, -0.05) is 45.2 Å². The molecule has 2 fully saturated rings. The number of β-amino-alcohol motifs (C(OH)–C–C–N with tert-alkyl or cyclic N) is 1. The molecule has 1 aromatic heterocycles. The minimum Gasteiger partial charge on any atom is -0.392 e. The van der Waals surface area contributed by atoms with Gasteiger partial charge in [-0.25, -0.2) is 0 Å². The molecule has 0 radical (unpaired) electrons. The monoisotopic (exact) mass is 335 g/mol. The number of nitrogens with zero attached hydrogens (tertiary/aromatic N) is 2. The van der Waals surface area contributed by atoms with Gasteiger partial charge in [0, 0.05) is 24.1 Å². The molecule has 2 heterocycles. The lowest BCUT2D eigenvalue weighted by molar-refractivity contribution is -0.121. The molecule has 3 rings (SSSR count). The Morgan fingerprint density at radius 1 is 1.33 bits per heavy atom. The maximum absolute atomic E-state index is 12.7. The average molecular weight is 335 g/mol. The molecule has 134 valence electrons. The summed E-state index contributed by atoms with van der Waals surface area (Å²) < 4.78 is 5.33. The van der Waals surface area contributed by atoms with Gasteiger partial charge in [-0.3, -0.25) is 9.69 Å². The normalized spacial score (nSPS) is 26.7. The van der Waals surface area contributed by atoms with E-state index < -0.39 is 6.10 Å². The van der Waals surface area contributed by atoms with Gasteiger partial charge < -0.3 is 14.9 Å². The van der Waals surface area contributed by atoms with Gasteiger partial charge in [0.2, 0.25) is 5.91 Å².